The summed E-state index contributed by atoms with van der Waals surface area (Å²) in [4.78, 5) is 26.6. The van der Waals surface area contributed by atoms with Gasteiger partial charge in [0.15, 0.2) is 5.78 Å². The highest BCUT2D eigenvalue weighted by Crippen LogP contribution is 2.36. The first-order valence-electron chi connectivity index (χ1n) is 6.82. The van der Waals surface area contributed by atoms with E-state index < -0.39 is 36.0 Å². The van der Waals surface area contributed by atoms with Gasteiger partial charge in [-0.25, -0.2) is 4.79 Å². The molecule has 5 nitrogen and oxygen atoms in total. The normalized spacial score (nSPS) is 22.0. The van der Waals surface area contributed by atoms with E-state index in [0.29, 0.717) is 0 Å². The summed E-state index contributed by atoms with van der Waals surface area (Å²) in [5, 5.41) is 0. The molecule has 1 rings (SSSR count). The Hall–Kier alpha value is -1.73. The molecular weight excluding hydrogens is 301 g/mol. The number of ether oxygens (including phenoxy) is 1. The van der Waals surface area contributed by atoms with Gasteiger partial charge >= 0.3 is 12.3 Å². The van der Waals surface area contributed by atoms with Gasteiger partial charge in [-0.2, -0.15) is 13.2 Å². The molecule has 0 saturated carbocycles. The van der Waals surface area contributed by atoms with E-state index in [9.17, 15) is 22.8 Å². The lowest BCUT2D eigenvalue weighted by Crippen LogP contribution is -2.48. The number of halogens is 3. The fraction of sp³-hybridized carbons (Fsp3) is 0.714. The summed E-state index contributed by atoms with van der Waals surface area (Å²) < 4.78 is 43.9. The smallest absolute Gasteiger partial charge is 0.414 e. The van der Waals surface area contributed by atoms with Crippen LogP contribution in [0.1, 0.15) is 27.2 Å². The first-order valence-corrected chi connectivity index (χ1v) is 6.82. The van der Waals surface area contributed by atoms with Crippen molar-refractivity contribution in [3.63, 3.8) is 0 Å². The number of allylic oxidation sites excluding steroid dienone is 1. The van der Waals surface area contributed by atoms with Gasteiger partial charge in [0.1, 0.15) is 17.2 Å². The van der Waals surface area contributed by atoms with Crippen LogP contribution in [0.5, 0.6) is 0 Å². The van der Waals surface area contributed by atoms with Gasteiger partial charge < -0.3 is 9.64 Å². The Kier molecular flexibility index (Phi) is 5.14. The highest BCUT2D eigenvalue weighted by Gasteiger charge is 2.50. The summed E-state index contributed by atoms with van der Waals surface area (Å²) in [6, 6.07) is 0. The fourth-order valence-electron chi connectivity index (χ4n) is 2.02. The molecule has 0 N–H and O–H groups in total. The largest absolute Gasteiger partial charge is 0.443 e. The van der Waals surface area contributed by atoms with Crippen molar-refractivity contribution in [2.75, 3.05) is 20.6 Å². The summed E-state index contributed by atoms with van der Waals surface area (Å²) in [5.41, 5.74) is -1.10. The molecule has 0 bridgehead atoms. The number of ketones is 1. The van der Waals surface area contributed by atoms with Crippen molar-refractivity contribution in [3.05, 3.63) is 11.9 Å². The average Bonchev–Trinajstić information content (AvgIpc) is 2.26. The zero-order valence-corrected chi connectivity index (χ0v) is 13.3. The van der Waals surface area contributed by atoms with Crippen molar-refractivity contribution in [1.82, 2.24) is 9.80 Å². The van der Waals surface area contributed by atoms with Crippen LogP contribution in [-0.2, 0) is 9.53 Å². The van der Waals surface area contributed by atoms with Crippen LogP contribution in [0, 0.1) is 5.92 Å². The maximum Gasteiger partial charge on any atom is 0.414 e. The van der Waals surface area contributed by atoms with Crippen LogP contribution in [0.4, 0.5) is 18.0 Å². The van der Waals surface area contributed by atoms with Crippen molar-refractivity contribution in [2.24, 2.45) is 5.92 Å². The lowest BCUT2D eigenvalue weighted by atomic mass is 9.92. The van der Waals surface area contributed by atoms with Crippen LogP contribution in [-0.4, -0.2) is 54.1 Å². The number of carbonyl (C=O) groups is 2. The third-order valence-corrected chi connectivity index (χ3v) is 2.89. The van der Waals surface area contributed by atoms with Crippen molar-refractivity contribution in [1.29, 1.82) is 0 Å². The summed E-state index contributed by atoms with van der Waals surface area (Å²) in [5.74, 6) is -3.20. The number of hydrogen-bond donors (Lipinski definition) is 0. The molecule has 1 atom stereocenters. The summed E-state index contributed by atoms with van der Waals surface area (Å²) in [7, 11) is 3.12. The molecular formula is C14H21F3N2O3. The second-order valence-corrected chi connectivity index (χ2v) is 6.36. The first kappa shape index (κ1) is 18.3. The third-order valence-electron chi connectivity index (χ3n) is 2.89. The van der Waals surface area contributed by atoms with Crippen LogP contribution >= 0.6 is 0 Å². The molecule has 0 aromatic heterocycles. The molecule has 22 heavy (non-hydrogen) atoms. The predicted octanol–water partition coefficient (Wildman–Crippen LogP) is 2.78. The van der Waals surface area contributed by atoms with Gasteiger partial charge in [-0.3, -0.25) is 9.69 Å². The Balaban J connectivity index is 3.10. The van der Waals surface area contributed by atoms with Gasteiger partial charge in [0.2, 0.25) is 0 Å². The minimum Gasteiger partial charge on any atom is -0.443 e. The molecule has 8 heteroatoms. The minimum atomic E-state index is -4.62. The van der Waals surface area contributed by atoms with E-state index in [4.69, 9.17) is 4.74 Å². The molecule has 0 spiro atoms. The van der Waals surface area contributed by atoms with Crippen molar-refractivity contribution in [3.8, 4) is 0 Å². The maximum absolute atomic E-state index is 12.9. The van der Waals surface area contributed by atoms with E-state index in [2.05, 4.69) is 0 Å². The Labute approximate surface area is 127 Å². The molecule has 1 fully saturated rings. The monoisotopic (exact) mass is 322 g/mol. The average molecular weight is 322 g/mol. The second kappa shape index (κ2) is 6.18. The van der Waals surface area contributed by atoms with Crippen LogP contribution < -0.4 is 0 Å². The number of hydrogen-bond acceptors (Lipinski definition) is 4. The second-order valence-electron chi connectivity index (χ2n) is 6.36. The lowest BCUT2D eigenvalue weighted by molar-refractivity contribution is -0.184. The minimum absolute atomic E-state index is 0.218. The van der Waals surface area contributed by atoms with E-state index in [0.717, 1.165) is 4.90 Å². The zero-order valence-electron chi connectivity index (χ0n) is 13.3. The molecule has 0 radical (unpaired) electrons. The number of piperidine rings is 1. The summed E-state index contributed by atoms with van der Waals surface area (Å²) in [6.45, 7) is 4.71. The van der Waals surface area contributed by atoms with E-state index >= 15 is 0 Å². The molecule has 1 saturated heterocycles. The van der Waals surface area contributed by atoms with Gasteiger partial charge in [-0.1, -0.05) is 0 Å². The lowest BCUT2D eigenvalue weighted by Gasteiger charge is -2.35. The number of rotatable bonds is 1. The zero-order chi connectivity index (χ0) is 17.3. The third kappa shape index (κ3) is 4.64. The summed E-state index contributed by atoms with van der Waals surface area (Å²) >= 11 is 0. The first-order chi connectivity index (χ1) is 9.83. The van der Waals surface area contributed by atoms with Crippen molar-refractivity contribution >= 4 is 11.9 Å². The van der Waals surface area contributed by atoms with Gasteiger partial charge in [-0.15, -0.1) is 0 Å². The fourth-order valence-corrected chi connectivity index (χ4v) is 2.02. The van der Waals surface area contributed by atoms with Gasteiger partial charge in [0, 0.05) is 26.8 Å². The Morgan fingerprint density at radius 3 is 2.27 bits per heavy atom. The van der Waals surface area contributed by atoms with E-state index in [1.807, 2.05) is 0 Å². The maximum atomic E-state index is 12.9. The molecule has 0 aromatic rings. The van der Waals surface area contributed by atoms with Gasteiger partial charge in [0.05, 0.1) is 0 Å². The number of carbonyl (C=O) groups excluding carboxylic acids is 2. The number of alkyl halides is 3. The SMILES string of the molecule is CN(C)/C=C1\C(=O)C(C(F)(F)F)CCN1C(=O)OC(C)(C)C. The van der Waals surface area contributed by atoms with E-state index in [-0.39, 0.29) is 12.2 Å². The van der Waals surface area contributed by atoms with Crippen molar-refractivity contribution in [2.45, 2.75) is 39.0 Å². The number of amides is 1. The van der Waals surface area contributed by atoms with Crippen LogP contribution in [0.3, 0.4) is 0 Å². The number of likely N-dealkylation sites (tertiary alicyclic amines) is 1. The summed E-state index contributed by atoms with van der Waals surface area (Å²) in [6.07, 6.45) is -4.70. The Morgan fingerprint density at radius 1 is 1.32 bits per heavy atom. The molecule has 126 valence electrons. The van der Waals surface area contributed by atoms with Gasteiger partial charge in [-0.05, 0) is 27.2 Å². The highest BCUT2D eigenvalue weighted by atomic mass is 19.4. The van der Waals surface area contributed by atoms with Crippen LogP contribution in [0.2, 0.25) is 0 Å². The molecule has 0 aliphatic carbocycles. The van der Waals surface area contributed by atoms with Crippen LogP contribution in [0.25, 0.3) is 0 Å². The number of nitrogens with zero attached hydrogens (tertiary/aromatic N) is 2. The van der Waals surface area contributed by atoms with E-state index in [1.54, 1.807) is 34.9 Å². The predicted molar refractivity (Wildman–Crippen MR) is 73.9 cm³/mol. The Bertz CT molecular complexity index is 479. The highest BCUT2D eigenvalue weighted by molar-refractivity contribution is 6.00. The van der Waals surface area contributed by atoms with Gasteiger partial charge in [0.25, 0.3) is 0 Å². The molecule has 0 aromatic carbocycles. The topological polar surface area (TPSA) is 49.9 Å². The molecule has 1 aliphatic rings. The number of Topliss-reactive ketones (excluding diaryl/α,β-unsaturated/α-hetero) is 1. The standard InChI is InChI=1S/C14H21F3N2O3/c1-13(2,3)22-12(21)19-7-6-9(14(15,16)17)11(20)10(19)8-18(4)5/h8-9H,6-7H2,1-5H3/b10-8+. The van der Waals surface area contributed by atoms with Crippen LogP contribution in [0.15, 0.2) is 11.9 Å². The molecule has 1 heterocycles. The van der Waals surface area contributed by atoms with Crippen molar-refractivity contribution < 1.29 is 27.5 Å². The molecule has 1 amide bonds. The Morgan fingerprint density at radius 2 is 1.86 bits per heavy atom. The quantitative estimate of drug-likeness (QED) is 0.697. The van der Waals surface area contributed by atoms with E-state index in [1.165, 1.54) is 11.1 Å². The molecule has 1 unspecified atom stereocenters. The molecule has 1 aliphatic heterocycles.